The smallest absolute Gasteiger partial charge is 0.0540 e. The summed E-state index contributed by atoms with van der Waals surface area (Å²) in [4.78, 5) is 4.89. The Morgan fingerprint density at radius 2 is 0.653 bits per heavy atom. The molecule has 344 valence electrons. The molecule has 2 heteroatoms. The lowest BCUT2D eigenvalue weighted by Crippen LogP contribution is -2.18. The van der Waals surface area contributed by atoms with Gasteiger partial charge in [-0.25, -0.2) is 0 Å². The molecule has 13 rings (SSSR count). The molecular formula is C70H54N2. The molecule has 0 unspecified atom stereocenters. The van der Waals surface area contributed by atoms with Crippen LogP contribution in [0.1, 0.15) is 49.9 Å². The van der Waals surface area contributed by atoms with E-state index in [2.05, 4.69) is 292 Å². The Balaban J connectivity index is 0.905. The highest BCUT2D eigenvalue weighted by atomic mass is 15.1. The molecule has 0 spiro atoms. The SMILES string of the molecule is CC1(C)c2ccccc2-c2ccc(N(c3ccc(-c4ccc(N(c5cc(-c6ccccc6)cc(-c6ccccc6)c5)c5cccc6ccccc56)cc4)cc3)c3ccc4c(c3)C(C)(C)c3ccccc3-4)cc21. The van der Waals surface area contributed by atoms with Crippen LogP contribution in [0.5, 0.6) is 0 Å². The van der Waals surface area contributed by atoms with Crippen LogP contribution in [0.3, 0.4) is 0 Å². The first-order chi connectivity index (χ1) is 35.2. The molecule has 0 heterocycles. The van der Waals surface area contributed by atoms with Crippen molar-refractivity contribution in [3.63, 3.8) is 0 Å². The Morgan fingerprint density at radius 3 is 1.18 bits per heavy atom. The van der Waals surface area contributed by atoms with Gasteiger partial charge in [0.05, 0.1) is 5.69 Å². The van der Waals surface area contributed by atoms with Gasteiger partial charge >= 0.3 is 0 Å². The van der Waals surface area contributed by atoms with Crippen molar-refractivity contribution < 1.29 is 0 Å². The minimum Gasteiger partial charge on any atom is -0.310 e. The summed E-state index contributed by atoms with van der Waals surface area (Å²) in [5.74, 6) is 0. The average molecular weight is 923 g/mol. The minimum absolute atomic E-state index is 0.122. The molecule has 0 N–H and O–H groups in total. The van der Waals surface area contributed by atoms with Crippen LogP contribution in [0.4, 0.5) is 34.1 Å². The van der Waals surface area contributed by atoms with Gasteiger partial charge in [-0.3, -0.25) is 0 Å². The molecule has 0 amide bonds. The molecule has 2 aliphatic carbocycles. The van der Waals surface area contributed by atoms with Crippen LogP contribution in [-0.4, -0.2) is 0 Å². The first-order valence-corrected chi connectivity index (χ1v) is 25.2. The predicted octanol–water partition coefficient (Wildman–Crippen LogP) is 19.4. The molecule has 2 nitrogen and oxygen atoms in total. The van der Waals surface area contributed by atoms with Crippen LogP contribution in [-0.2, 0) is 10.8 Å². The lowest BCUT2D eigenvalue weighted by atomic mass is 9.82. The van der Waals surface area contributed by atoms with E-state index in [0.717, 1.165) is 45.3 Å². The number of nitrogens with zero attached hydrogens (tertiary/aromatic N) is 2. The van der Waals surface area contributed by atoms with Crippen molar-refractivity contribution in [1.82, 2.24) is 0 Å². The fraction of sp³-hybridized carbons (Fsp3) is 0.0857. The average Bonchev–Trinajstić information content (AvgIpc) is 3.80. The summed E-state index contributed by atoms with van der Waals surface area (Å²) in [6.07, 6.45) is 0. The monoisotopic (exact) mass is 922 g/mol. The van der Waals surface area contributed by atoms with Gasteiger partial charge in [0.2, 0.25) is 0 Å². The second-order valence-corrected chi connectivity index (χ2v) is 20.6. The third kappa shape index (κ3) is 7.17. The highest BCUT2D eigenvalue weighted by molar-refractivity contribution is 6.00. The number of anilines is 6. The topological polar surface area (TPSA) is 6.48 Å². The van der Waals surface area contributed by atoms with Gasteiger partial charge in [0.15, 0.2) is 0 Å². The Hall–Kier alpha value is -8.72. The van der Waals surface area contributed by atoms with Crippen LogP contribution >= 0.6 is 0 Å². The molecule has 0 saturated carbocycles. The summed E-state index contributed by atoms with van der Waals surface area (Å²) in [6, 6.07) is 94.1. The molecule has 0 bridgehead atoms. The molecule has 0 radical (unpaired) electrons. The van der Waals surface area contributed by atoms with E-state index < -0.39 is 0 Å². The molecule has 0 saturated heterocycles. The van der Waals surface area contributed by atoms with E-state index in [1.165, 1.54) is 77.5 Å². The van der Waals surface area contributed by atoms with Crippen LogP contribution in [0.15, 0.2) is 255 Å². The highest BCUT2D eigenvalue weighted by Gasteiger charge is 2.38. The van der Waals surface area contributed by atoms with E-state index in [1.807, 2.05) is 0 Å². The van der Waals surface area contributed by atoms with Crippen molar-refractivity contribution in [2.45, 2.75) is 38.5 Å². The maximum atomic E-state index is 2.46. The number of rotatable bonds is 9. The van der Waals surface area contributed by atoms with E-state index >= 15 is 0 Å². The second kappa shape index (κ2) is 17.0. The van der Waals surface area contributed by atoms with Crippen LogP contribution in [0, 0.1) is 0 Å². The summed E-state index contributed by atoms with van der Waals surface area (Å²) >= 11 is 0. The Labute approximate surface area is 423 Å². The van der Waals surface area contributed by atoms with Gasteiger partial charge in [0.1, 0.15) is 0 Å². The van der Waals surface area contributed by atoms with Gasteiger partial charge in [-0.15, -0.1) is 0 Å². The number of benzene rings is 11. The van der Waals surface area contributed by atoms with E-state index in [9.17, 15) is 0 Å². The first-order valence-electron chi connectivity index (χ1n) is 25.2. The number of fused-ring (bicyclic) bond motifs is 7. The molecular weight excluding hydrogens is 869 g/mol. The van der Waals surface area contributed by atoms with Crippen molar-refractivity contribution in [3.05, 3.63) is 277 Å². The quantitative estimate of drug-likeness (QED) is 0.142. The highest BCUT2D eigenvalue weighted by Crippen LogP contribution is 2.53. The molecule has 11 aromatic carbocycles. The van der Waals surface area contributed by atoms with Gasteiger partial charge < -0.3 is 9.80 Å². The summed E-state index contributed by atoms with van der Waals surface area (Å²) in [5, 5.41) is 2.40. The standard InChI is InChI=1S/C70H54N2/c1-69(2)64-27-15-13-25-60(64)62-40-38-56(45-66(62)69)71(57-39-41-63-61-26-14-16-28-65(61)70(3,4)67(63)46-57)54-34-30-49(31-35-54)50-32-36-55(37-33-50)72(68-29-17-23-51-22-11-12-24-59(51)68)58-43-52(47-18-7-5-8-19-47)42-53(44-58)48-20-9-6-10-21-48/h5-46H,1-4H3. The third-order valence-corrected chi connectivity index (χ3v) is 15.6. The van der Waals surface area contributed by atoms with Crippen molar-refractivity contribution in [3.8, 4) is 55.6 Å². The maximum absolute atomic E-state index is 2.46. The van der Waals surface area contributed by atoms with Crippen molar-refractivity contribution >= 4 is 44.9 Å². The molecule has 0 aliphatic heterocycles. The fourth-order valence-corrected chi connectivity index (χ4v) is 11.9. The molecule has 0 atom stereocenters. The summed E-state index contributed by atoms with van der Waals surface area (Å²) < 4.78 is 0. The van der Waals surface area contributed by atoms with Gasteiger partial charge in [-0.1, -0.05) is 210 Å². The fourth-order valence-electron chi connectivity index (χ4n) is 11.9. The summed E-state index contributed by atoms with van der Waals surface area (Å²) in [6.45, 7) is 9.47. The molecule has 0 aromatic heterocycles. The van der Waals surface area contributed by atoms with E-state index in [4.69, 9.17) is 0 Å². The van der Waals surface area contributed by atoms with Crippen molar-refractivity contribution in [1.29, 1.82) is 0 Å². The molecule has 0 fully saturated rings. The lowest BCUT2D eigenvalue weighted by molar-refractivity contribution is 0.660. The Kier molecular flexibility index (Phi) is 10.2. The summed E-state index contributed by atoms with van der Waals surface area (Å²) in [7, 11) is 0. The third-order valence-electron chi connectivity index (χ3n) is 15.6. The Bertz CT molecular complexity index is 3680. The molecule has 72 heavy (non-hydrogen) atoms. The molecule has 11 aromatic rings. The normalized spacial score (nSPS) is 13.5. The van der Waals surface area contributed by atoms with Gasteiger partial charge in [-0.05, 0) is 156 Å². The van der Waals surface area contributed by atoms with E-state index in [-0.39, 0.29) is 10.8 Å². The molecule has 2 aliphatic rings. The maximum Gasteiger partial charge on any atom is 0.0540 e. The number of hydrogen-bond acceptors (Lipinski definition) is 2. The Morgan fingerprint density at radius 1 is 0.250 bits per heavy atom. The minimum atomic E-state index is -0.122. The van der Waals surface area contributed by atoms with Gasteiger partial charge in [0.25, 0.3) is 0 Å². The van der Waals surface area contributed by atoms with E-state index in [0.29, 0.717) is 0 Å². The lowest BCUT2D eigenvalue weighted by Gasteiger charge is -2.30. The zero-order valence-electron chi connectivity index (χ0n) is 41.1. The first kappa shape index (κ1) is 43.3. The van der Waals surface area contributed by atoms with Crippen LogP contribution in [0.25, 0.3) is 66.4 Å². The second-order valence-electron chi connectivity index (χ2n) is 20.6. The van der Waals surface area contributed by atoms with Crippen molar-refractivity contribution in [2.24, 2.45) is 0 Å². The predicted molar refractivity (Wildman–Crippen MR) is 305 cm³/mol. The van der Waals surface area contributed by atoms with E-state index in [1.54, 1.807) is 0 Å². The zero-order chi connectivity index (χ0) is 48.6. The summed E-state index contributed by atoms with van der Waals surface area (Å²) in [5.41, 5.74) is 24.3. The van der Waals surface area contributed by atoms with Crippen LogP contribution in [0.2, 0.25) is 0 Å². The number of hydrogen-bond donors (Lipinski definition) is 0. The van der Waals surface area contributed by atoms with Gasteiger partial charge in [0, 0.05) is 44.7 Å². The zero-order valence-corrected chi connectivity index (χ0v) is 41.1. The van der Waals surface area contributed by atoms with Crippen LogP contribution < -0.4 is 9.80 Å². The van der Waals surface area contributed by atoms with Crippen molar-refractivity contribution in [2.75, 3.05) is 9.80 Å². The van der Waals surface area contributed by atoms with Gasteiger partial charge in [-0.2, -0.15) is 0 Å². The largest absolute Gasteiger partial charge is 0.310 e.